The quantitative estimate of drug-likeness (QED) is 0.130. The van der Waals surface area contributed by atoms with Gasteiger partial charge in [-0.15, -0.1) is 0 Å². The molecule has 0 atom stereocenters. The van der Waals surface area contributed by atoms with Gasteiger partial charge < -0.3 is 18.9 Å². The highest BCUT2D eigenvalue weighted by molar-refractivity contribution is 5.39. The molecule has 0 bridgehead atoms. The number of hydrogen-bond donors (Lipinski definition) is 0. The number of nitro groups is 1. The van der Waals surface area contributed by atoms with Crippen LogP contribution in [0.3, 0.4) is 0 Å². The highest BCUT2D eigenvalue weighted by atomic mass is 17.0. The fraction of sp³-hybridized carbons (Fsp3) is 0.226. The molecule has 4 aromatic rings. The number of ether oxygens (including phenoxy) is 4. The largest absolute Gasteiger partial charge is 0.611 e. The second kappa shape index (κ2) is 10.8. The zero-order valence-electron chi connectivity index (χ0n) is 22.4. The Morgan fingerprint density at radius 2 is 0.816 bits per heavy atom. The number of aryl methyl sites for hydroxylation is 6. The van der Waals surface area contributed by atoms with Gasteiger partial charge in [0.1, 0.15) is 23.0 Å². The molecule has 0 aliphatic carbocycles. The lowest BCUT2D eigenvalue weighted by Crippen LogP contribution is -2.53. The van der Waals surface area contributed by atoms with Crippen LogP contribution in [0.15, 0.2) is 78.9 Å². The Bertz CT molecular complexity index is 1330. The van der Waals surface area contributed by atoms with Crippen molar-refractivity contribution in [2.24, 2.45) is 0 Å². The Morgan fingerprint density at radius 3 is 1.13 bits per heavy atom. The first kappa shape index (κ1) is 26.5. The summed E-state index contributed by atoms with van der Waals surface area (Å²) in [7, 11) is 0. The Hall–Kier alpha value is -4.52. The van der Waals surface area contributed by atoms with Crippen molar-refractivity contribution in [3.8, 4) is 23.0 Å². The maximum atomic E-state index is 11.2. The second-order valence-electron chi connectivity index (χ2n) is 9.40. The highest BCUT2D eigenvalue weighted by Crippen LogP contribution is 2.32. The predicted molar refractivity (Wildman–Crippen MR) is 146 cm³/mol. The second-order valence-corrected chi connectivity index (χ2v) is 9.40. The molecule has 0 aliphatic rings. The third kappa shape index (κ3) is 6.24. The van der Waals surface area contributed by atoms with Crippen LogP contribution in [0, 0.1) is 51.7 Å². The monoisotopic (exact) mass is 513 g/mol. The summed E-state index contributed by atoms with van der Waals surface area (Å²) in [5.41, 5.74) is 6.29. The molecular weight excluding hydrogens is 482 g/mol. The lowest BCUT2D eigenvalue weighted by Gasteiger charge is -2.32. The van der Waals surface area contributed by atoms with Crippen molar-refractivity contribution >= 4 is 5.69 Å². The fourth-order valence-electron chi connectivity index (χ4n) is 3.67. The molecule has 7 heteroatoms. The standard InChI is InChI=1S/C31H31NO6/c1-20-7-12-28(17-23(20)4)36-31(37-29-13-8-21(2)24(5)18-29,38-30-14-9-22(3)25(6)19-30)35-27-15-10-26(11-16-27)32(33)34/h7-19H,1-6H3. The van der Waals surface area contributed by atoms with Gasteiger partial charge in [-0.3, -0.25) is 10.1 Å². The van der Waals surface area contributed by atoms with Crippen molar-refractivity contribution in [1.82, 2.24) is 0 Å². The summed E-state index contributed by atoms with van der Waals surface area (Å²) in [5.74, 6) is 1.64. The molecule has 0 N–H and O–H groups in total. The first-order valence-corrected chi connectivity index (χ1v) is 12.3. The van der Waals surface area contributed by atoms with E-state index < -0.39 is 11.1 Å². The maximum absolute atomic E-state index is 11.2. The summed E-state index contributed by atoms with van der Waals surface area (Å²) in [6, 6.07) is 22.5. The Morgan fingerprint density at radius 1 is 0.500 bits per heavy atom. The zero-order chi connectivity index (χ0) is 27.4. The molecule has 0 radical (unpaired) electrons. The van der Waals surface area contributed by atoms with Crippen molar-refractivity contribution in [3.63, 3.8) is 0 Å². The minimum absolute atomic E-state index is 0.0665. The van der Waals surface area contributed by atoms with Crippen LogP contribution in [0.1, 0.15) is 33.4 Å². The van der Waals surface area contributed by atoms with E-state index >= 15 is 0 Å². The number of nitro benzene ring substituents is 1. The van der Waals surface area contributed by atoms with Gasteiger partial charge in [-0.05, 0) is 123 Å². The average Bonchev–Trinajstić information content (AvgIpc) is 2.86. The number of benzene rings is 4. The van der Waals surface area contributed by atoms with Crippen LogP contribution in [0.5, 0.6) is 23.0 Å². The number of nitrogens with zero attached hydrogens (tertiary/aromatic N) is 1. The van der Waals surface area contributed by atoms with Crippen LogP contribution >= 0.6 is 0 Å². The van der Waals surface area contributed by atoms with Crippen LogP contribution in [0.2, 0.25) is 0 Å². The third-order valence-electron chi connectivity index (χ3n) is 6.45. The van der Waals surface area contributed by atoms with Crippen LogP contribution in [0.25, 0.3) is 0 Å². The lowest BCUT2D eigenvalue weighted by atomic mass is 10.1. The average molecular weight is 514 g/mol. The fourth-order valence-corrected chi connectivity index (χ4v) is 3.67. The molecule has 0 saturated heterocycles. The Kier molecular flexibility index (Phi) is 7.57. The van der Waals surface area contributed by atoms with Crippen molar-refractivity contribution in [3.05, 3.63) is 122 Å². The van der Waals surface area contributed by atoms with Gasteiger partial charge in [0, 0.05) is 12.1 Å². The predicted octanol–water partition coefficient (Wildman–Crippen LogP) is 7.67. The van der Waals surface area contributed by atoms with Gasteiger partial charge in [-0.2, -0.15) is 0 Å². The highest BCUT2D eigenvalue weighted by Gasteiger charge is 2.44. The first-order chi connectivity index (χ1) is 18.0. The number of non-ortho nitro benzene ring substituents is 1. The molecule has 0 unspecified atom stereocenters. The zero-order valence-corrected chi connectivity index (χ0v) is 22.4. The smallest absolute Gasteiger partial charge is 0.386 e. The summed E-state index contributed by atoms with van der Waals surface area (Å²) < 4.78 is 25.4. The summed E-state index contributed by atoms with van der Waals surface area (Å²) in [5, 5.41) is 11.2. The minimum Gasteiger partial charge on any atom is -0.386 e. The molecule has 7 nitrogen and oxygen atoms in total. The maximum Gasteiger partial charge on any atom is 0.611 e. The summed E-state index contributed by atoms with van der Waals surface area (Å²) >= 11 is 0. The van der Waals surface area contributed by atoms with Gasteiger partial charge in [0.25, 0.3) is 5.69 Å². The summed E-state index contributed by atoms with van der Waals surface area (Å²) in [4.78, 5) is 10.7. The number of hydrogen-bond acceptors (Lipinski definition) is 6. The molecule has 38 heavy (non-hydrogen) atoms. The minimum atomic E-state index is -2.11. The Labute approximate surface area is 222 Å². The molecule has 0 fully saturated rings. The van der Waals surface area contributed by atoms with E-state index in [4.69, 9.17) is 18.9 Å². The molecule has 0 aromatic heterocycles. The van der Waals surface area contributed by atoms with Gasteiger partial charge in [0.2, 0.25) is 0 Å². The van der Waals surface area contributed by atoms with Gasteiger partial charge >= 0.3 is 6.16 Å². The molecule has 0 amide bonds. The summed E-state index contributed by atoms with van der Waals surface area (Å²) in [6.45, 7) is 12.0. The van der Waals surface area contributed by atoms with Crippen LogP contribution < -0.4 is 18.9 Å². The molecule has 0 heterocycles. The SMILES string of the molecule is Cc1ccc(OC(Oc2ccc([N+](=O)[O-])cc2)(Oc2ccc(C)c(C)c2)Oc2ccc(C)c(C)c2)cc1C. The normalized spacial score (nSPS) is 11.1. The lowest BCUT2D eigenvalue weighted by molar-refractivity contribution is -0.385. The van der Waals surface area contributed by atoms with E-state index in [1.165, 1.54) is 24.3 Å². The molecule has 4 rings (SSSR count). The summed E-state index contributed by atoms with van der Waals surface area (Å²) in [6.07, 6.45) is -2.11. The third-order valence-corrected chi connectivity index (χ3v) is 6.45. The van der Waals surface area contributed by atoms with E-state index in [1.54, 1.807) is 0 Å². The van der Waals surface area contributed by atoms with Gasteiger partial charge in [-0.25, -0.2) is 0 Å². The first-order valence-electron chi connectivity index (χ1n) is 12.3. The van der Waals surface area contributed by atoms with E-state index in [0.29, 0.717) is 17.2 Å². The molecule has 0 saturated carbocycles. The van der Waals surface area contributed by atoms with Gasteiger partial charge in [0.15, 0.2) is 0 Å². The molecule has 196 valence electrons. The van der Waals surface area contributed by atoms with E-state index in [9.17, 15) is 10.1 Å². The topological polar surface area (TPSA) is 80.1 Å². The van der Waals surface area contributed by atoms with E-state index in [2.05, 4.69) is 0 Å². The Balaban J connectivity index is 1.84. The van der Waals surface area contributed by atoms with E-state index in [0.717, 1.165) is 33.4 Å². The van der Waals surface area contributed by atoms with E-state index in [-0.39, 0.29) is 11.4 Å². The van der Waals surface area contributed by atoms with Gasteiger partial charge in [0.05, 0.1) is 4.92 Å². The van der Waals surface area contributed by atoms with Crippen molar-refractivity contribution in [1.29, 1.82) is 0 Å². The molecular formula is C31H31NO6. The van der Waals surface area contributed by atoms with Crippen LogP contribution in [-0.4, -0.2) is 11.1 Å². The van der Waals surface area contributed by atoms with Crippen molar-refractivity contribution in [2.75, 3.05) is 0 Å². The number of rotatable bonds is 9. The molecule has 4 aromatic carbocycles. The molecule has 0 spiro atoms. The van der Waals surface area contributed by atoms with Gasteiger partial charge in [-0.1, -0.05) is 18.2 Å². The van der Waals surface area contributed by atoms with E-state index in [1.807, 2.05) is 96.1 Å². The van der Waals surface area contributed by atoms with Crippen LogP contribution in [0.4, 0.5) is 5.69 Å². The van der Waals surface area contributed by atoms with Crippen molar-refractivity contribution in [2.45, 2.75) is 47.7 Å². The van der Waals surface area contributed by atoms with Crippen LogP contribution in [-0.2, 0) is 0 Å². The van der Waals surface area contributed by atoms with Crippen molar-refractivity contribution < 1.29 is 23.9 Å². The molecule has 0 aliphatic heterocycles.